The van der Waals surface area contributed by atoms with E-state index in [4.69, 9.17) is 9.26 Å². The first-order valence-corrected chi connectivity index (χ1v) is 8.16. The molecule has 2 aliphatic rings. The number of carbonyl (C=O) groups is 2. The summed E-state index contributed by atoms with van der Waals surface area (Å²) in [6, 6.07) is 5.80. The summed E-state index contributed by atoms with van der Waals surface area (Å²) < 4.78 is 10.7. The number of nitrogens with one attached hydrogen (secondary N) is 2. The van der Waals surface area contributed by atoms with Crippen molar-refractivity contribution < 1.29 is 18.8 Å². The Morgan fingerprint density at radius 2 is 2.36 bits per heavy atom. The summed E-state index contributed by atoms with van der Waals surface area (Å²) in [5.41, 5.74) is 3.71. The van der Waals surface area contributed by atoms with Crippen molar-refractivity contribution in [3.05, 3.63) is 30.0 Å². The van der Waals surface area contributed by atoms with Gasteiger partial charge in [-0.05, 0) is 30.2 Å². The van der Waals surface area contributed by atoms with Gasteiger partial charge in [-0.2, -0.15) is 0 Å². The van der Waals surface area contributed by atoms with Gasteiger partial charge < -0.3 is 19.9 Å². The van der Waals surface area contributed by atoms with E-state index < -0.39 is 6.09 Å². The largest absolute Gasteiger partial charge is 0.442 e. The van der Waals surface area contributed by atoms with Crippen LogP contribution >= 0.6 is 0 Å². The third-order valence-electron chi connectivity index (χ3n) is 4.38. The predicted octanol–water partition coefficient (Wildman–Crippen LogP) is 1.77. The maximum absolute atomic E-state index is 12.2. The number of aromatic nitrogens is 1. The zero-order valence-electron chi connectivity index (χ0n) is 13.7. The highest BCUT2D eigenvalue weighted by Crippen LogP contribution is 2.36. The average Bonchev–Trinajstić information content (AvgIpc) is 3.15. The molecule has 0 spiro atoms. The predicted molar refractivity (Wildman–Crippen MR) is 90.4 cm³/mol. The van der Waals surface area contributed by atoms with Crippen molar-refractivity contribution in [2.45, 2.75) is 19.4 Å². The number of anilines is 2. The van der Waals surface area contributed by atoms with Crippen LogP contribution < -0.4 is 15.5 Å². The lowest BCUT2D eigenvalue weighted by molar-refractivity contribution is -0.119. The summed E-state index contributed by atoms with van der Waals surface area (Å²) in [5, 5.41) is 9.80. The Hall–Kier alpha value is -3.03. The third kappa shape index (κ3) is 2.90. The SMILES string of the molecule is CC(=O)NC[C@H]1CN(c2ccc3c(c2)CCNc2cnoc2-3)C(=O)O1. The van der Waals surface area contributed by atoms with E-state index in [1.54, 1.807) is 11.1 Å². The molecule has 4 rings (SSSR count). The standard InChI is InChI=1S/C17H18N4O4/c1-10(22)19-7-13-9-21(17(23)24-13)12-2-3-14-11(6-12)4-5-18-15-8-20-25-16(14)15/h2-3,6,8,13,18H,4-5,7,9H2,1H3,(H,19,22)/t13-/m0/s1. The second kappa shape index (κ2) is 6.12. The molecule has 1 aromatic carbocycles. The van der Waals surface area contributed by atoms with Crippen LogP contribution in [0.3, 0.4) is 0 Å². The van der Waals surface area contributed by atoms with Crippen molar-refractivity contribution in [1.29, 1.82) is 0 Å². The van der Waals surface area contributed by atoms with E-state index in [-0.39, 0.29) is 12.0 Å². The fraction of sp³-hybridized carbons (Fsp3) is 0.353. The minimum absolute atomic E-state index is 0.144. The smallest absolute Gasteiger partial charge is 0.414 e. The molecule has 0 bridgehead atoms. The molecule has 0 unspecified atom stereocenters. The van der Waals surface area contributed by atoms with Crippen LogP contribution in [-0.2, 0) is 16.0 Å². The molecule has 25 heavy (non-hydrogen) atoms. The first kappa shape index (κ1) is 15.5. The van der Waals surface area contributed by atoms with Gasteiger partial charge in [-0.15, -0.1) is 0 Å². The monoisotopic (exact) mass is 342 g/mol. The molecule has 1 atom stereocenters. The Bertz CT molecular complexity index is 832. The van der Waals surface area contributed by atoms with Gasteiger partial charge in [0.2, 0.25) is 5.91 Å². The summed E-state index contributed by atoms with van der Waals surface area (Å²) in [5.74, 6) is 0.571. The number of amides is 2. The average molecular weight is 342 g/mol. The highest BCUT2D eigenvalue weighted by Gasteiger charge is 2.33. The number of hydrogen-bond donors (Lipinski definition) is 2. The van der Waals surface area contributed by atoms with Crippen molar-refractivity contribution in [1.82, 2.24) is 10.5 Å². The molecule has 0 saturated carbocycles. The Labute approximate surface area is 144 Å². The van der Waals surface area contributed by atoms with E-state index in [1.807, 2.05) is 18.2 Å². The molecular formula is C17H18N4O4. The van der Waals surface area contributed by atoms with Crippen LogP contribution in [-0.4, -0.2) is 42.9 Å². The van der Waals surface area contributed by atoms with E-state index in [2.05, 4.69) is 15.8 Å². The zero-order chi connectivity index (χ0) is 17.4. The van der Waals surface area contributed by atoms with Gasteiger partial charge in [0.1, 0.15) is 11.8 Å². The molecule has 2 amide bonds. The van der Waals surface area contributed by atoms with Gasteiger partial charge in [0.05, 0.1) is 19.3 Å². The van der Waals surface area contributed by atoms with Crippen LogP contribution in [0.25, 0.3) is 11.3 Å². The minimum Gasteiger partial charge on any atom is -0.442 e. The van der Waals surface area contributed by atoms with Gasteiger partial charge in [0.15, 0.2) is 5.76 Å². The lowest BCUT2D eigenvalue weighted by Gasteiger charge is -2.15. The Kier molecular flexibility index (Phi) is 3.79. The maximum Gasteiger partial charge on any atom is 0.414 e. The van der Waals surface area contributed by atoms with E-state index in [0.29, 0.717) is 18.8 Å². The number of hydrogen-bond acceptors (Lipinski definition) is 6. The first-order valence-electron chi connectivity index (χ1n) is 8.16. The van der Waals surface area contributed by atoms with Gasteiger partial charge in [-0.3, -0.25) is 9.69 Å². The quantitative estimate of drug-likeness (QED) is 0.882. The van der Waals surface area contributed by atoms with Gasteiger partial charge in [-0.1, -0.05) is 5.16 Å². The number of rotatable bonds is 3. The fourth-order valence-electron chi connectivity index (χ4n) is 3.16. The van der Waals surface area contributed by atoms with Crippen LogP contribution in [0.4, 0.5) is 16.2 Å². The molecular weight excluding hydrogens is 324 g/mol. The molecule has 0 aliphatic carbocycles. The summed E-state index contributed by atoms with van der Waals surface area (Å²) in [6.07, 6.45) is 1.73. The van der Waals surface area contributed by atoms with Gasteiger partial charge in [0.25, 0.3) is 0 Å². The molecule has 0 radical (unpaired) electrons. The van der Waals surface area contributed by atoms with Crippen LogP contribution in [0.5, 0.6) is 0 Å². The molecule has 1 fully saturated rings. The highest BCUT2D eigenvalue weighted by atomic mass is 16.6. The van der Waals surface area contributed by atoms with E-state index in [9.17, 15) is 9.59 Å². The number of nitrogens with zero attached hydrogens (tertiary/aromatic N) is 2. The number of ether oxygens (including phenoxy) is 1. The molecule has 2 aromatic rings. The Morgan fingerprint density at radius 1 is 1.48 bits per heavy atom. The van der Waals surface area contributed by atoms with E-state index >= 15 is 0 Å². The third-order valence-corrected chi connectivity index (χ3v) is 4.38. The van der Waals surface area contributed by atoms with Gasteiger partial charge in [-0.25, -0.2) is 4.79 Å². The second-order valence-electron chi connectivity index (χ2n) is 6.14. The van der Waals surface area contributed by atoms with Crippen LogP contribution in [0.15, 0.2) is 28.9 Å². The van der Waals surface area contributed by atoms with Gasteiger partial charge >= 0.3 is 6.09 Å². The van der Waals surface area contributed by atoms with Crippen LogP contribution in [0.2, 0.25) is 0 Å². The maximum atomic E-state index is 12.2. The van der Waals surface area contributed by atoms with E-state index in [1.165, 1.54) is 6.92 Å². The highest BCUT2D eigenvalue weighted by molar-refractivity contribution is 5.91. The molecule has 8 heteroatoms. The van der Waals surface area contributed by atoms with Crippen LogP contribution in [0, 0.1) is 0 Å². The molecule has 3 heterocycles. The van der Waals surface area contributed by atoms with Gasteiger partial charge in [0, 0.05) is 24.7 Å². The van der Waals surface area contributed by atoms with Crippen molar-refractivity contribution in [2.75, 3.05) is 29.9 Å². The summed E-state index contributed by atoms with van der Waals surface area (Å²) >= 11 is 0. The molecule has 1 aromatic heterocycles. The lowest BCUT2D eigenvalue weighted by atomic mass is 10.0. The molecule has 130 valence electrons. The molecule has 1 saturated heterocycles. The van der Waals surface area contributed by atoms with Crippen molar-refractivity contribution in [3.8, 4) is 11.3 Å². The number of benzene rings is 1. The molecule has 2 aliphatic heterocycles. The fourth-order valence-corrected chi connectivity index (χ4v) is 3.16. The summed E-state index contributed by atoms with van der Waals surface area (Å²) in [4.78, 5) is 24.8. The number of cyclic esters (lactones) is 1. The minimum atomic E-state index is -0.401. The zero-order valence-corrected chi connectivity index (χ0v) is 13.7. The molecule has 2 N–H and O–H groups in total. The molecule has 8 nitrogen and oxygen atoms in total. The van der Waals surface area contributed by atoms with Crippen molar-refractivity contribution >= 4 is 23.4 Å². The lowest BCUT2D eigenvalue weighted by Crippen LogP contribution is -2.33. The summed E-state index contributed by atoms with van der Waals surface area (Å²) in [6.45, 7) is 2.92. The second-order valence-corrected chi connectivity index (χ2v) is 6.14. The Morgan fingerprint density at radius 3 is 3.20 bits per heavy atom. The number of carbonyl (C=O) groups excluding carboxylic acids is 2. The first-order chi connectivity index (χ1) is 12.1. The van der Waals surface area contributed by atoms with Crippen molar-refractivity contribution in [2.24, 2.45) is 0 Å². The Balaban J connectivity index is 1.58. The van der Waals surface area contributed by atoms with E-state index in [0.717, 1.165) is 35.5 Å². The topological polar surface area (TPSA) is 96.7 Å². The van der Waals surface area contributed by atoms with Crippen LogP contribution in [0.1, 0.15) is 12.5 Å². The normalized spacial score (nSPS) is 18.7. The summed E-state index contributed by atoms with van der Waals surface area (Å²) in [7, 11) is 0. The number of fused-ring (bicyclic) bond motifs is 3. The van der Waals surface area contributed by atoms with Crippen molar-refractivity contribution in [3.63, 3.8) is 0 Å².